The first-order valence-corrected chi connectivity index (χ1v) is 14.0. The van der Waals surface area contributed by atoms with Crippen LogP contribution in [0.2, 0.25) is 0 Å². The topological polar surface area (TPSA) is 158 Å². The zero-order valence-corrected chi connectivity index (χ0v) is 25.4. The Morgan fingerprint density at radius 2 is 1.60 bits per heavy atom. The minimum Gasteiger partial charge on any atom is -0.480 e. The van der Waals surface area contributed by atoms with Gasteiger partial charge in [-0.15, -0.1) is 21.5 Å². The first-order chi connectivity index (χ1) is 21.5. The molecule has 2 heterocycles. The third kappa shape index (κ3) is 7.86. The van der Waals surface area contributed by atoms with E-state index in [4.69, 9.17) is 4.74 Å². The van der Waals surface area contributed by atoms with Crippen LogP contribution in [0.4, 0.5) is 34.9 Å². The van der Waals surface area contributed by atoms with Crippen molar-refractivity contribution in [2.75, 3.05) is 43.8 Å². The smallest absolute Gasteiger partial charge is 0.412 e. The highest BCUT2D eigenvalue weighted by atomic mass is 32.1. The van der Waals surface area contributed by atoms with Crippen LogP contribution in [-0.4, -0.2) is 66.6 Å². The summed E-state index contributed by atoms with van der Waals surface area (Å²) in [5.74, 6) is -2.33. The second kappa shape index (κ2) is 14.5. The highest BCUT2D eigenvalue weighted by molar-refractivity contribution is 7.20. The maximum absolute atomic E-state index is 14.7. The van der Waals surface area contributed by atoms with Gasteiger partial charge in [-0.05, 0) is 55.6 Å². The first kappa shape index (κ1) is 32.7. The molecule has 0 spiro atoms. The normalized spacial score (nSPS) is 10.8. The number of carbonyl (C=O) groups excluding carboxylic acids is 2. The van der Waals surface area contributed by atoms with Crippen LogP contribution in [0, 0.1) is 11.6 Å². The average Bonchev–Trinajstić information content (AvgIpc) is 3.35. The van der Waals surface area contributed by atoms with Crippen molar-refractivity contribution in [1.82, 2.24) is 20.6 Å². The number of thiophene rings is 1. The predicted octanol–water partition coefficient (Wildman–Crippen LogP) is 5.17. The van der Waals surface area contributed by atoms with Gasteiger partial charge in [0.15, 0.2) is 5.82 Å². The van der Waals surface area contributed by atoms with Gasteiger partial charge in [0.2, 0.25) is 5.88 Å². The number of carbonyl (C=O) groups is 3. The summed E-state index contributed by atoms with van der Waals surface area (Å²) in [5, 5.41) is 23.2. The second-order valence-electron chi connectivity index (χ2n) is 9.65. The number of nitrogens with zero attached hydrogens (tertiary/aromatic N) is 4. The standard InChI is InChI=1S/C29H29F2N7O6S/c1-37(2)14-19-24(26(39)33-22-12-13-23(43-3)35-34-22)27(38(29(41)42)15-18-20(30)6-5-7-21(18)31)45-25(19)16-8-10-17(11-9-16)32-28(40)36-44-4/h5-13H,14-15H2,1-4H3,(H,41,42)(H2,32,36,40)(H,33,34,39). The lowest BCUT2D eigenvalue weighted by Gasteiger charge is -2.20. The van der Waals surface area contributed by atoms with Gasteiger partial charge in [-0.1, -0.05) is 18.2 Å². The van der Waals surface area contributed by atoms with Gasteiger partial charge in [-0.2, -0.15) is 0 Å². The number of nitrogens with one attached hydrogen (secondary N) is 3. The van der Waals surface area contributed by atoms with Crippen LogP contribution >= 0.6 is 11.3 Å². The summed E-state index contributed by atoms with van der Waals surface area (Å²) in [4.78, 5) is 46.1. The molecule has 0 radical (unpaired) electrons. The summed E-state index contributed by atoms with van der Waals surface area (Å²) in [6, 6.07) is 12.1. The fraction of sp³-hybridized carbons (Fsp3) is 0.207. The van der Waals surface area contributed by atoms with Crippen molar-refractivity contribution in [3.05, 3.63) is 82.9 Å². The summed E-state index contributed by atoms with van der Waals surface area (Å²) in [6.45, 7) is -0.532. The lowest BCUT2D eigenvalue weighted by Crippen LogP contribution is -2.31. The van der Waals surface area contributed by atoms with Gasteiger partial charge in [0.1, 0.15) is 16.6 Å². The number of methoxy groups -OCH3 is 1. The Morgan fingerprint density at radius 1 is 0.911 bits per heavy atom. The molecular weight excluding hydrogens is 612 g/mol. The van der Waals surface area contributed by atoms with E-state index in [-0.39, 0.29) is 28.8 Å². The lowest BCUT2D eigenvalue weighted by atomic mass is 10.0. The molecule has 4 amide bonds. The number of halogens is 2. The summed E-state index contributed by atoms with van der Waals surface area (Å²) in [6.07, 6.45) is -1.54. The first-order valence-electron chi connectivity index (χ1n) is 13.2. The number of carboxylic acid groups (broad SMARTS) is 1. The maximum atomic E-state index is 14.7. The number of hydrogen-bond acceptors (Lipinski definition) is 9. The Kier molecular flexibility index (Phi) is 10.6. The molecule has 13 nitrogen and oxygen atoms in total. The molecule has 16 heteroatoms. The van der Waals surface area contributed by atoms with Crippen LogP contribution in [0.25, 0.3) is 10.4 Å². The number of hydrogen-bond donors (Lipinski definition) is 4. The van der Waals surface area contributed by atoms with Crippen molar-refractivity contribution >= 4 is 45.9 Å². The van der Waals surface area contributed by atoms with Crippen LogP contribution < -0.4 is 25.8 Å². The quantitative estimate of drug-likeness (QED) is 0.162. The molecule has 0 saturated heterocycles. The predicted molar refractivity (Wildman–Crippen MR) is 163 cm³/mol. The SMILES string of the molecule is CONC(=O)Nc1ccc(-c2sc(N(Cc3c(F)cccc3F)C(=O)O)c(C(=O)Nc3ccc(OC)nn3)c2CN(C)C)cc1. The number of anilines is 3. The van der Waals surface area contributed by atoms with E-state index in [2.05, 4.69) is 31.1 Å². The summed E-state index contributed by atoms with van der Waals surface area (Å²) >= 11 is 0.958. The molecule has 4 rings (SSSR count). The van der Waals surface area contributed by atoms with Gasteiger partial charge in [0.25, 0.3) is 5.91 Å². The lowest BCUT2D eigenvalue weighted by molar-refractivity contribution is 0.102. The minimum absolute atomic E-state index is 0.0397. The van der Waals surface area contributed by atoms with Crippen molar-refractivity contribution in [2.45, 2.75) is 13.1 Å². The summed E-state index contributed by atoms with van der Waals surface area (Å²) < 4.78 is 34.4. The number of rotatable bonds is 11. The van der Waals surface area contributed by atoms with Crippen LogP contribution in [0.3, 0.4) is 0 Å². The average molecular weight is 642 g/mol. The zero-order chi connectivity index (χ0) is 32.7. The Morgan fingerprint density at radius 3 is 2.16 bits per heavy atom. The summed E-state index contributed by atoms with van der Waals surface area (Å²) in [7, 11) is 6.23. The molecule has 4 N–H and O–H groups in total. The van der Waals surface area contributed by atoms with Crippen molar-refractivity contribution in [2.24, 2.45) is 0 Å². The molecule has 0 aliphatic carbocycles. The van der Waals surface area contributed by atoms with Crippen molar-refractivity contribution in [1.29, 1.82) is 0 Å². The molecule has 0 bridgehead atoms. The Balaban J connectivity index is 1.87. The third-order valence-corrected chi connectivity index (χ3v) is 7.54. The van der Waals surface area contributed by atoms with E-state index in [9.17, 15) is 28.3 Å². The number of aromatic nitrogens is 2. The van der Waals surface area contributed by atoms with E-state index in [0.29, 0.717) is 21.7 Å². The van der Waals surface area contributed by atoms with Crippen LogP contribution in [-0.2, 0) is 17.9 Å². The van der Waals surface area contributed by atoms with E-state index >= 15 is 0 Å². The van der Waals surface area contributed by atoms with Gasteiger partial charge in [-0.25, -0.2) is 23.9 Å². The minimum atomic E-state index is -1.54. The molecule has 236 valence electrons. The van der Waals surface area contributed by atoms with Gasteiger partial charge < -0.3 is 25.4 Å². The van der Waals surface area contributed by atoms with Crippen LogP contribution in [0.5, 0.6) is 5.88 Å². The number of benzene rings is 2. The van der Waals surface area contributed by atoms with E-state index in [1.54, 1.807) is 43.3 Å². The van der Waals surface area contributed by atoms with Gasteiger partial charge in [-0.3, -0.25) is 14.5 Å². The second-order valence-corrected chi connectivity index (χ2v) is 10.6. The fourth-order valence-corrected chi connectivity index (χ4v) is 5.58. The van der Waals surface area contributed by atoms with Gasteiger partial charge in [0, 0.05) is 28.7 Å². The molecule has 45 heavy (non-hydrogen) atoms. The van der Waals surface area contributed by atoms with Crippen molar-refractivity contribution in [3.63, 3.8) is 0 Å². The Bertz CT molecular complexity index is 1660. The van der Waals surface area contributed by atoms with Crippen molar-refractivity contribution in [3.8, 4) is 16.3 Å². The molecule has 0 saturated carbocycles. The van der Waals surface area contributed by atoms with E-state index < -0.39 is 41.8 Å². The number of ether oxygens (including phenoxy) is 1. The summed E-state index contributed by atoms with van der Waals surface area (Å²) in [5.41, 5.74) is 3.07. The van der Waals surface area contributed by atoms with Crippen LogP contribution in [0.15, 0.2) is 54.6 Å². The molecule has 0 atom stereocenters. The van der Waals surface area contributed by atoms with E-state index in [0.717, 1.165) is 28.4 Å². The van der Waals surface area contributed by atoms with Gasteiger partial charge in [0.05, 0.1) is 26.3 Å². The molecule has 0 fully saturated rings. The zero-order valence-electron chi connectivity index (χ0n) is 24.6. The molecule has 0 aliphatic rings. The number of amides is 4. The van der Waals surface area contributed by atoms with E-state index in [1.807, 2.05) is 0 Å². The molecule has 2 aromatic heterocycles. The highest BCUT2D eigenvalue weighted by Gasteiger charge is 2.32. The Hall–Kier alpha value is -5.19. The molecule has 4 aromatic rings. The van der Waals surface area contributed by atoms with Gasteiger partial charge >= 0.3 is 12.1 Å². The highest BCUT2D eigenvalue weighted by Crippen LogP contribution is 2.44. The maximum Gasteiger partial charge on any atom is 0.412 e. The van der Waals surface area contributed by atoms with Crippen LogP contribution in [0.1, 0.15) is 21.5 Å². The molecular formula is C29H29F2N7O6S. The molecule has 0 aliphatic heterocycles. The van der Waals surface area contributed by atoms with E-state index in [1.165, 1.54) is 32.4 Å². The van der Waals surface area contributed by atoms with Crippen molar-refractivity contribution < 1.29 is 37.8 Å². The third-order valence-electron chi connectivity index (χ3n) is 6.23. The molecule has 2 aromatic carbocycles. The Labute approximate surface area is 260 Å². The fourth-order valence-electron chi connectivity index (χ4n) is 4.27. The number of urea groups is 1. The largest absolute Gasteiger partial charge is 0.480 e. The number of hydroxylamine groups is 1. The monoisotopic (exact) mass is 641 g/mol. The molecule has 0 unspecified atom stereocenters.